The summed E-state index contributed by atoms with van der Waals surface area (Å²) in [5.74, 6) is -1.21. The molecular formula is C48H57N5O9. The van der Waals surface area contributed by atoms with Crippen molar-refractivity contribution in [2.75, 3.05) is 49.6 Å². The zero-order chi connectivity index (χ0) is 45.2. The molecule has 0 atom stereocenters. The van der Waals surface area contributed by atoms with Crippen LogP contribution in [0.5, 0.6) is 0 Å². The molecule has 4 aromatic rings. The van der Waals surface area contributed by atoms with Crippen molar-refractivity contribution in [3.8, 4) is 0 Å². The number of hydrogen-bond acceptors (Lipinski definition) is 10. The first-order valence-corrected chi connectivity index (χ1v) is 20.5. The second kappa shape index (κ2) is 20.3. The highest BCUT2D eigenvalue weighted by Crippen LogP contribution is 2.28. The molecule has 4 amide bonds. The van der Waals surface area contributed by atoms with Crippen LogP contribution in [0.15, 0.2) is 109 Å². The number of hydrogen-bond donors (Lipinski definition) is 1. The van der Waals surface area contributed by atoms with Gasteiger partial charge in [0.1, 0.15) is 11.2 Å². The second-order valence-corrected chi connectivity index (χ2v) is 17.2. The number of ether oxygens (including phenoxy) is 3. The minimum absolute atomic E-state index is 0.0379. The van der Waals surface area contributed by atoms with Crippen LogP contribution in [-0.4, -0.2) is 96.6 Å². The molecule has 0 aromatic heterocycles. The first kappa shape index (κ1) is 46.5. The number of para-hydroxylation sites is 2. The molecule has 2 saturated heterocycles. The van der Waals surface area contributed by atoms with E-state index in [-0.39, 0.29) is 36.0 Å². The number of esters is 1. The summed E-state index contributed by atoms with van der Waals surface area (Å²) in [6.07, 6.45) is -0.802. The van der Waals surface area contributed by atoms with Gasteiger partial charge >= 0.3 is 18.2 Å². The molecule has 62 heavy (non-hydrogen) atoms. The molecular weight excluding hydrogens is 791 g/mol. The summed E-state index contributed by atoms with van der Waals surface area (Å²) in [6, 6.07) is 32.9. The Kier molecular flexibility index (Phi) is 15.3. The van der Waals surface area contributed by atoms with E-state index in [0.29, 0.717) is 50.4 Å². The summed E-state index contributed by atoms with van der Waals surface area (Å²) in [6.45, 7) is 12.9. The van der Waals surface area contributed by atoms with Gasteiger partial charge in [-0.05, 0) is 89.1 Å². The predicted octanol–water partition coefficient (Wildman–Crippen LogP) is 7.10. The number of nitrogens with zero attached hydrogens (tertiary/aromatic N) is 4. The number of Topliss-reactive ketones (excluding diaryl/α,β-unsaturated/α-hetero) is 1. The van der Waals surface area contributed by atoms with E-state index in [9.17, 15) is 28.8 Å². The van der Waals surface area contributed by atoms with Crippen LogP contribution in [0.2, 0.25) is 0 Å². The molecule has 0 saturated carbocycles. The van der Waals surface area contributed by atoms with Gasteiger partial charge in [0.2, 0.25) is 11.8 Å². The van der Waals surface area contributed by atoms with Gasteiger partial charge in [-0.15, -0.1) is 0 Å². The van der Waals surface area contributed by atoms with Crippen molar-refractivity contribution in [3.63, 3.8) is 0 Å². The zero-order valence-corrected chi connectivity index (χ0v) is 36.5. The number of carbonyl (C=O) groups excluding carboxylic acids is 6. The molecule has 6 rings (SSSR count). The van der Waals surface area contributed by atoms with Gasteiger partial charge in [-0.3, -0.25) is 14.4 Å². The fourth-order valence-electron chi connectivity index (χ4n) is 6.61. The smallest absolute Gasteiger partial charge is 0.410 e. The summed E-state index contributed by atoms with van der Waals surface area (Å²) in [5, 5.41) is 0. The third kappa shape index (κ3) is 12.7. The van der Waals surface area contributed by atoms with Crippen LogP contribution in [0.25, 0.3) is 0 Å². The standard InChI is InChI=1S/C24H29N3O4.C24H28N2O5/c1-24(2,3)31-23(30)26-15-19(16-26)22(29)27(20-7-5-4-6-8-20)14-17-9-11-18(12-10-17)21(28)13-25;1-24(2,3)31-23(29)25-15-19(16-25)21(27)26(20-8-6-5-7-9-20)14-17-10-12-18(13-11-17)22(28)30-4/h4-12,19H,13-16,25H2,1-3H3;5-13,19H,14-16H2,1-4H3. The summed E-state index contributed by atoms with van der Waals surface area (Å²) in [5.41, 5.74) is 8.63. The molecule has 4 aromatic carbocycles. The number of likely N-dealkylation sites (tertiary alicyclic amines) is 2. The van der Waals surface area contributed by atoms with Crippen LogP contribution in [0.4, 0.5) is 21.0 Å². The maximum Gasteiger partial charge on any atom is 0.410 e. The van der Waals surface area contributed by atoms with Crippen molar-refractivity contribution in [2.24, 2.45) is 17.6 Å². The van der Waals surface area contributed by atoms with Crippen molar-refractivity contribution in [1.29, 1.82) is 0 Å². The van der Waals surface area contributed by atoms with Gasteiger partial charge in [0, 0.05) is 43.1 Å². The van der Waals surface area contributed by atoms with Gasteiger partial charge in [-0.25, -0.2) is 14.4 Å². The van der Waals surface area contributed by atoms with Crippen molar-refractivity contribution in [2.45, 2.75) is 65.8 Å². The summed E-state index contributed by atoms with van der Waals surface area (Å²) in [4.78, 5) is 80.9. The van der Waals surface area contributed by atoms with Crippen molar-refractivity contribution in [1.82, 2.24) is 9.80 Å². The minimum atomic E-state index is -0.571. The molecule has 2 aliphatic heterocycles. The quantitative estimate of drug-likeness (QED) is 0.0934. The maximum absolute atomic E-state index is 13.3. The Bertz CT molecular complexity index is 2020. The molecule has 14 nitrogen and oxygen atoms in total. The Morgan fingerprint density at radius 2 is 0.919 bits per heavy atom. The molecule has 2 heterocycles. The third-order valence-electron chi connectivity index (χ3n) is 9.95. The summed E-state index contributed by atoms with van der Waals surface area (Å²) >= 11 is 0. The Hall–Kier alpha value is -6.54. The van der Waals surface area contributed by atoms with E-state index in [2.05, 4.69) is 0 Å². The molecule has 2 N–H and O–H groups in total. The third-order valence-corrected chi connectivity index (χ3v) is 9.95. The van der Waals surface area contributed by atoms with E-state index < -0.39 is 29.4 Å². The Morgan fingerprint density at radius 1 is 0.565 bits per heavy atom. The van der Waals surface area contributed by atoms with Gasteiger partial charge in [0.25, 0.3) is 0 Å². The van der Waals surface area contributed by atoms with E-state index >= 15 is 0 Å². The second-order valence-electron chi connectivity index (χ2n) is 17.2. The lowest BCUT2D eigenvalue weighted by Gasteiger charge is -2.41. The molecule has 2 fully saturated rings. The van der Waals surface area contributed by atoms with Crippen LogP contribution in [0, 0.1) is 11.8 Å². The zero-order valence-electron chi connectivity index (χ0n) is 36.5. The molecule has 0 spiro atoms. The van der Waals surface area contributed by atoms with E-state index in [1.54, 1.807) is 43.9 Å². The molecule has 0 radical (unpaired) electrons. The van der Waals surface area contributed by atoms with E-state index in [1.807, 2.05) is 126 Å². The fourth-order valence-corrected chi connectivity index (χ4v) is 6.61. The van der Waals surface area contributed by atoms with Gasteiger partial charge in [0.15, 0.2) is 5.78 Å². The number of methoxy groups -OCH3 is 1. The maximum atomic E-state index is 13.3. The number of rotatable bonds is 11. The number of benzene rings is 4. The number of ketones is 1. The van der Waals surface area contributed by atoms with E-state index in [0.717, 1.165) is 22.5 Å². The minimum Gasteiger partial charge on any atom is -0.465 e. The SMILES string of the molecule is CC(C)(C)OC(=O)N1CC(C(=O)N(Cc2ccc(C(=O)CN)cc2)c2ccccc2)C1.COC(=O)c1ccc(CN(C(=O)C2CN(C(=O)OC(C)(C)C)C2)c2ccccc2)cc1. The lowest BCUT2D eigenvalue weighted by atomic mass is 9.98. The van der Waals surface area contributed by atoms with Gasteiger partial charge in [-0.1, -0.05) is 72.8 Å². The van der Waals surface area contributed by atoms with Crippen molar-refractivity contribution >= 4 is 47.1 Å². The van der Waals surface area contributed by atoms with Crippen LogP contribution in [0.3, 0.4) is 0 Å². The monoisotopic (exact) mass is 847 g/mol. The van der Waals surface area contributed by atoms with Crippen LogP contribution in [-0.2, 0) is 36.9 Å². The van der Waals surface area contributed by atoms with Gasteiger partial charge in [-0.2, -0.15) is 0 Å². The van der Waals surface area contributed by atoms with Crippen LogP contribution in [0.1, 0.15) is 73.4 Å². The van der Waals surface area contributed by atoms with E-state index in [1.165, 1.54) is 7.11 Å². The Labute approximate surface area is 363 Å². The first-order chi connectivity index (χ1) is 29.3. The molecule has 2 aliphatic rings. The van der Waals surface area contributed by atoms with Crippen molar-refractivity contribution < 1.29 is 43.0 Å². The van der Waals surface area contributed by atoms with E-state index in [4.69, 9.17) is 19.9 Å². The van der Waals surface area contributed by atoms with Gasteiger partial charge in [0.05, 0.1) is 44.1 Å². The number of amides is 4. The lowest BCUT2D eigenvalue weighted by Crippen LogP contribution is -2.57. The normalized spacial score (nSPS) is 13.9. The molecule has 0 unspecified atom stereocenters. The number of nitrogens with two attached hydrogens (primary N) is 1. The highest BCUT2D eigenvalue weighted by Gasteiger charge is 2.41. The van der Waals surface area contributed by atoms with Gasteiger partial charge < -0.3 is 39.5 Å². The fraction of sp³-hybridized carbons (Fsp3) is 0.375. The molecule has 328 valence electrons. The topological polar surface area (TPSA) is 169 Å². The highest BCUT2D eigenvalue weighted by atomic mass is 16.6. The van der Waals surface area contributed by atoms with Crippen molar-refractivity contribution in [3.05, 3.63) is 131 Å². The molecule has 0 bridgehead atoms. The highest BCUT2D eigenvalue weighted by molar-refractivity contribution is 5.98. The largest absolute Gasteiger partial charge is 0.465 e. The average Bonchev–Trinajstić information content (AvgIpc) is 3.20. The predicted molar refractivity (Wildman–Crippen MR) is 235 cm³/mol. The lowest BCUT2D eigenvalue weighted by molar-refractivity contribution is -0.128. The Morgan fingerprint density at radius 3 is 1.24 bits per heavy atom. The summed E-state index contributed by atoms with van der Waals surface area (Å²) < 4.78 is 15.5. The first-order valence-electron chi connectivity index (χ1n) is 20.5. The summed E-state index contributed by atoms with van der Waals surface area (Å²) in [7, 11) is 1.34. The Balaban J connectivity index is 0.000000234. The number of carbonyl (C=O) groups is 6. The average molecular weight is 848 g/mol. The number of anilines is 2. The molecule has 14 heteroatoms. The van der Waals surface area contributed by atoms with Crippen LogP contribution >= 0.6 is 0 Å². The molecule has 0 aliphatic carbocycles. The van der Waals surface area contributed by atoms with Crippen LogP contribution < -0.4 is 15.5 Å².